The third-order valence-electron chi connectivity index (χ3n) is 4.18. The molecule has 3 rings (SSSR count). The maximum atomic E-state index is 14.0. The largest absolute Gasteiger partial charge is 0.451 e. The number of hydrogen-bond donors (Lipinski definition) is 0. The van der Waals surface area contributed by atoms with Crippen molar-refractivity contribution in [2.45, 2.75) is 18.2 Å². The summed E-state index contributed by atoms with van der Waals surface area (Å²) < 4.78 is 87.6. The first-order valence-electron chi connectivity index (χ1n) is 8.38. The van der Waals surface area contributed by atoms with Gasteiger partial charge >= 0.3 is 0 Å². The van der Waals surface area contributed by atoms with Crippen LogP contribution in [0.5, 0.6) is 11.5 Å². The molecule has 0 atom stereocenters. The van der Waals surface area contributed by atoms with Crippen molar-refractivity contribution in [3.05, 3.63) is 75.6 Å². The van der Waals surface area contributed by atoms with Gasteiger partial charge < -0.3 is 9.15 Å². The Balaban J connectivity index is 2.23. The van der Waals surface area contributed by atoms with Gasteiger partial charge in [0.25, 0.3) is 6.43 Å². The molecule has 0 amide bonds. The van der Waals surface area contributed by atoms with Crippen LogP contribution in [-0.4, -0.2) is 14.7 Å². The van der Waals surface area contributed by atoms with Crippen LogP contribution in [0, 0.1) is 18.6 Å². The first kappa shape index (κ1) is 21.6. The molecule has 0 fully saturated rings. The number of benzene rings is 2. The molecule has 1 aromatic heterocycles. The minimum atomic E-state index is -3.54. The van der Waals surface area contributed by atoms with Crippen LogP contribution < -0.4 is 10.2 Å². The second-order valence-electron chi connectivity index (χ2n) is 6.35. The molecule has 2 aromatic carbocycles. The number of rotatable bonds is 5. The van der Waals surface area contributed by atoms with E-state index >= 15 is 0 Å². The molecule has 0 bridgehead atoms. The monoisotopic (exact) mass is 442 g/mol. The van der Waals surface area contributed by atoms with E-state index in [-0.39, 0.29) is 10.5 Å². The molecule has 0 aliphatic rings. The highest BCUT2D eigenvalue weighted by molar-refractivity contribution is 7.90. The molecular weight excluding hydrogens is 428 g/mol. The number of halogens is 4. The van der Waals surface area contributed by atoms with E-state index in [9.17, 15) is 30.8 Å². The third-order valence-corrected chi connectivity index (χ3v) is 5.31. The molecule has 0 spiro atoms. The zero-order valence-electron chi connectivity index (χ0n) is 15.6. The van der Waals surface area contributed by atoms with Crippen molar-refractivity contribution < 1.29 is 35.1 Å². The van der Waals surface area contributed by atoms with Gasteiger partial charge in [0.05, 0.1) is 4.90 Å². The number of sulfone groups is 1. The van der Waals surface area contributed by atoms with Gasteiger partial charge in [-0.15, -0.1) is 0 Å². The van der Waals surface area contributed by atoms with Crippen LogP contribution in [0.4, 0.5) is 17.6 Å². The van der Waals surface area contributed by atoms with Gasteiger partial charge in [-0.25, -0.2) is 26.0 Å². The highest BCUT2D eigenvalue weighted by atomic mass is 32.2. The predicted molar refractivity (Wildman–Crippen MR) is 99.6 cm³/mol. The molecule has 0 unspecified atom stereocenters. The van der Waals surface area contributed by atoms with E-state index in [1.807, 2.05) is 0 Å². The second-order valence-corrected chi connectivity index (χ2v) is 8.37. The van der Waals surface area contributed by atoms with E-state index in [1.54, 1.807) is 0 Å². The topological polar surface area (TPSA) is 73.6 Å². The van der Waals surface area contributed by atoms with Gasteiger partial charge in [0.1, 0.15) is 5.82 Å². The Morgan fingerprint density at radius 2 is 1.67 bits per heavy atom. The fraction of sp³-hybridized carbons (Fsp3) is 0.150. The Kier molecular flexibility index (Phi) is 5.71. The third kappa shape index (κ3) is 4.23. The number of alkyl halides is 2. The van der Waals surface area contributed by atoms with Crippen molar-refractivity contribution in [2.75, 3.05) is 6.26 Å². The molecule has 1 heterocycles. The lowest BCUT2D eigenvalue weighted by Gasteiger charge is -2.14. The molecule has 0 N–H and O–H groups in total. The normalized spacial score (nSPS) is 11.7. The fourth-order valence-electron chi connectivity index (χ4n) is 2.63. The molecule has 0 radical (unpaired) electrons. The fourth-order valence-corrected chi connectivity index (χ4v) is 3.26. The summed E-state index contributed by atoms with van der Waals surface area (Å²) in [5.41, 5.74) is -1.39. The van der Waals surface area contributed by atoms with Crippen LogP contribution in [0.25, 0.3) is 11.3 Å². The highest BCUT2D eigenvalue weighted by Crippen LogP contribution is 2.36. The molecule has 0 aliphatic heterocycles. The standard InChI is InChI=1S/C20H14F4O5S/c1-10-16(25)19(28-15-8-5-12(21)9-14(15)22)18(29-17(10)20(23)24)11-3-6-13(7-4-11)30(2,26)27/h3-9,20H,1-2H3. The van der Waals surface area contributed by atoms with Crippen molar-refractivity contribution in [2.24, 2.45) is 0 Å². The Bertz CT molecular complexity index is 1270. The van der Waals surface area contributed by atoms with Gasteiger partial charge in [-0.3, -0.25) is 4.79 Å². The van der Waals surface area contributed by atoms with Gasteiger partial charge in [-0.1, -0.05) is 0 Å². The minimum Gasteiger partial charge on any atom is -0.451 e. The van der Waals surface area contributed by atoms with E-state index in [0.29, 0.717) is 6.07 Å². The van der Waals surface area contributed by atoms with Gasteiger partial charge in [0, 0.05) is 23.4 Å². The van der Waals surface area contributed by atoms with E-state index in [2.05, 4.69) is 0 Å². The van der Waals surface area contributed by atoms with Crippen LogP contribution >= 0.6 is 0 Å². The Morgan fingerprint density at radius 1 is 1.03 bits per heavy atom. The number of ether oxygens (including phenoxy) is 1. The summed E-state index contributed by atoms with van der Waals surface area (Å²) in [6, 6.07) is 7.18. The molecule has 30 heavy (non-hydrogen) atoms. The molecule has 0 saturated carbocycles. The van der Waals surface area contributed by atoms with Crippen LogP contribution in [-0.2, 0) is 9.84 Å². The zero-order valence-corrected chi connectivity index (χ0v) is 16.4. The van der Waals surface area contributed by atoms with E-state index in [4.69, 9.17) is 9.15 Å². The Morgan fingerprint density at radius 3 is 2.20 bits per heavy atom. The lowest BCUT2D eigenvalue weighted by Crippen LogP contribution is -2.13. The summed E-state index contributed by atoms with van der Waals surface area (Å²) >= 11 is 0. The Labute approximate surface area is 168 Å². The van der Waals surface area contributed by atoms with Crippen LogP contribution in [0.2, 0.25) is 0 Å². The molecular formula is C20H14F4O5S. The smallest absolute Gasteiger partial charge is 0.295 e. The first-order valence-corrected chi connectivity index (χ1v) is 10.3. The van der Waals surface area contributed by atoms with Crippen molar-refractivity contribution in [1.82, 2.24) is 0 Å². The van der Waals surface area contributed by atoms with E-state index < -0.39 is 61.9 Å². The van der Waals surface area contributed by atoms with Gasteiger partial charge in [-0.05, 0) is 43.3 Å². The lowest BCUT2D eigenvalue weighted by atomic mass is 10.1. The van der Waals surface area contributed by atoms with E-state index in [0.717, 1.165) is 25.3 Å². The summed E-state index contributed by atoms with van der Waals surface area (Å²) in [5, 5.41) is 0. The SMILES string of the molecule is Cc1c(C(F)F)oc(-c2ccc(S(C)(=O)=O)cc2)c(Oc2ccc(F)cc2F)c1=O. The Hall–Kier alpha value is -3.14. The van der Waals surface area contributed by atoms with Crippen LogP contribution in [0.3, 0.4) is 0 Å². The zero-order chi connectivity index (χ0) is 22.2. The minimum absolute atomic E-state index is 0.0407. The van der Waals surface area contributed by atoms with Crippen molar-refractivity contribution in [1.29, 1.82) is 0 Å². The maximum absolute atomic E-state index is 14.0. The molecule has 0 aliphatic carbocycles. The molecule has 5 nitrogen and oxygen atoms in total. The van der Waals surface area contributed by atoms with Crippen LogP contribution in [0.1, 0.15) is 17.7 Å². The summed E-state index contributed by atoms with van der Waals surface area (Å²) in [4.78, 5) is 12.6. The summed E-state index contributed by atoms with van der Waals surface area (Å²) in [6.45, 7) is 1.09. The van der Waals surface area contributed by atoms with Gasteiger partial charge in [0.15, 0.2) is 32.9 Å². The molecule has 0 saturated heterocycles. The van der Waals surface area contributed by atoms with Crippen molar-refractivity contribution >= 4 is 9.84 Å². The van der Waals surface area contributed by atoms with Gasteiger partial charge in [-0.2, -0.15) is 0 Å². The predicted octanol–water partition coefficient (Wildman–Crippen LogP) is 5.03. The maximum Gasteiger partial charge on any atom is 0.295 e. The summed E-state index contributed by atoms with van der Waals surface area (Å²) in [5.74, 6) is -4.49. The second kappa shape index (κ2) is 7.94. The van der Waals surface area contributed by atoms with Crippen molar-refractivity contribution in [3.63, 3.8) is 0 Å². The average Bonchev–Trinajstić information content (AvgIpc) is 2.66. The summed E-state index contributed by atoms with van der Waals surface area (Å²) in [6.07, 6.45) is -2.14. The van der Waals surface area contributed by atoms with Gasteiger partial charge in [0.2, 0.25) is 11.2 Å². The van der Waals surface area contributed by atoms with Crippen LogP contribution in [0.15, 0.2) is 56.6 Å². The molecule has 3 aromatic rings. The average molecular weight is 442 g/mol. The van der Waals surface area contributed by atoms with Crippen molar-refractivity contribution in [3.8, 4) is 22.8 Å². The molecule has 158 valence electrons. The first-order chi connectivity index (χ1) is 14.0. The lowest BCUT2D eigenvalue weighted by molar-refractivity contribution is 0.118. The number of hydrogen-bond acceptors (Lipinski definition) is 5. The summed E-state index contributed by atoms with van der Waals surface area (Å²) in [7, 11) is -3.54. The quantitative estimate of drug-likeness (QED) is 0.519. The molecule has 10 heteroatoms. The van der Waals surface area contributed by atoms with E-state index in [1.165, 1.54) is 24.3 Å². The highest BCUT2D eigenvalue weighted by Gasteiger charge is 2.25.